The average Bonchev–Trinajstić information content (AvgIpc) is 3.01. The highest BCUT2D eigenvalue weighted by Gasteiger charge is 2.23. The molecule has 0 fully saturated rings. The molecule has 0 aliphatic carbocycles. The molecule has 112 valence electrons. The number of nitro groups is 1. The van der Waals surface area contributed by atoms with Crippen molar-refractivity contribution in [3.8, 4) is 0 Å². The summed E-state index contributed by atoms with van der Waals surface area (Å²) in [6.45, 7) is 4.38. The molecule has 0 radical (unpaired) electrons. The zero-order valence-corrected chi connectivity index (χ0v) is 12.1. The minimum Gasteiger partial charge on any atom is -0.347 e. The van der Waals surface area contributed by atoms with Gasteiger partial charge in [-0.1, -0.05) is 5.16 Å². The van der Waals surface area contributed by atoms with Crippen LogP contribution in [0.2, 0.25) is 0 Å². The molecule has 0 amide bonds. The van der Waals surface area contributed by atoms with Crippen LogP contribution < -0.4 is 0 Å². The summed E-state index contributed by atoms with van der Waals surface area (Å²) in [5.74, 6) is -0.514. The molecule has 7 heteroatoms. The van der Waals surface area contributed by atoms with E-state index in [4.69, 9.17) is 0 Å². The number of benzene rings is 1. The highest BCUT2D eigenvalue weighted by atomic mass is 16.7. The summed E-state index contributed by atoms with van der Waals surface area (Å²) in [6, 6.07) is 4.70. The number of nitro benzene ring substituents is 1. The fraction of sp³-hybridized carbons (Fsp3) is 0.200. The van der Waals surface area contributed by atoms with Gasteiger partial charge in [-0.3, -0.25) is 10.1 Å². The van der Waals surface area contributed by atoms with Crippen LogP contribution in [0.1, 0.15) is 19.4 Å². The Balaban J connectivity index is 2.22. The molecule has 7 nitrogen and oxygen atoms in total. The number of hydrogen-bond acceptors (Lipinski definition) is 5. The predicted octanol–water partition coefficient (Wildman–Crippen LogP) is 2.89. The maximum Gasteiger partial charge on any atom is 0.367 e. The van der Waals surface area contributed by atoms with Gasteiger partial charge >= 0.3 is 5.97 Å². The number of hydrogen-bond donors (Lipinski definition) is 0. The van der Waals surface area contributed by atoms with Gasteiger partial charge in [0, 0.05) is 41.3 Å². The number of non-ortho nitro benzene ring substituents is 1. The van der Waals surface area contributed by atoms with Crippen molar-refractivity contribution in [1.29, 1.82) is 0 Å². The van der Waals surface area contributed by atoms with E-state index in [-0.39, 0.29) is 5.69 Å². The number of carbonyl (C=O) groups is 1. The fourth-order valence-corrected chi connectivity index (χ4v) is 2.48. The first-order chi connectivity index (χ1) is 10.5. The molecule has 1 aliphatic rings. The van der Waals surface area contributed by atoms with Crippen molar-refractivity contribution in [2.45, 2.75) is 20.4 Å². The van der Waals surface area contributed by atoms with Crippen LogP contribution in [-0.4, -0.2) is 21.2 Å². The quantitative estimate of drug-likeness (QED) is 0.377. The third-order valence-electron chi connectivity index (χ3n) is 3.62. The summed E-state index contributed by atoms with van der Waals surface area (Å²) in [5, 5.41) is 15.3. The molecule has 0 atom stereocenters. The molecule has 0 N–H and O–H groups in total. The summed E-state index contributed by atoms with van der Waals surface area (Å²) >= 11 is 0. The minimum atomic E-state index is -0.514. The highest BCUT2D eigenvalue weighted by Crippen LogP contribution is 2.28. The lowest BCUT2D eigenvalue weighted by atomic mass is 10.1. The largest absolute Gasteiger partial charge is 0.367 e. The second kappa shape index (κ2) is 5.10. The molecule has 2 heterocycles. The van der Waals surface area contributed by atoms with Gasteiger partial charge < -0.3 is 9.40 Å². The van der Waals surface area contributed by atoms with Crippen molar-refractivity contribution in [3.05, 3.63) is 45.6 Å². The SMILES string of the molecule is CCn1cc(C=C2C(=O)ON=C2C)c2cc([N+](=O)[O-])ccc21. The first-order valence-corrected chi connectivity index (χ1v) is 6.76. The lowest BCUT2D eigenvalue weighted by Gasteiger charge is -1.99. The van der Waals surface area contributed by atoms with Gasteiger partial charge in [0.05, 0.1) is 16.2 Å². The molecular formula is C15H13N3O4. The van der Waals surface area contributed by atoms with Gasteiger partial charge in [-0.05, 0) is 26.0 Å². The van der Waals surface area contributed by atoms with E-state index in [9.17, 15) is 14.9 Å². The lowest BCUT2D eigenvalue weighted by Crippen LogP contribution is -2.01. The molecule has 1 aromatic carbocycles. The van der Waals surface area contributed by atoms with E-state index in [2.05, 4.69) is 9.99 Å². The van der Waals surface area contributed by atoms with E-state index in [1.807, 2.05) is 17.7 Å². The Bertz CT molecular complexity index is 861. The normalized spacial score (nSPS) is 16.2. The number of carbonyl (C=O) groups excluding carboxylic acids is 1. The zero-order chi connectivity index (χ0) is 15.9. The maximum atomic E-state index is 11.7. The van der Waals surface area contributed by atoms with Crippen LogP contribution in [0.25, 0.3) is 17.0 Å². The Morgan fingerprint density at radius 3 is 2.82 bits per heavy atom. The second-order valence-corrected chi connectivity index (χ2v) is 4.94. The summed E-state index contributed by atoms with van der Waals surface area (Å²) in [5.41, 5.74) is 2.47. The van der Waals surface area contributed by atoms with Gasteiger partial charge in [-0.2, -0.15) is 0 Å². The topological polar surface area (TPSA) is 86.7 Å². The first-order valence-electron chi connectivity index (χ1n) is 6.76. The van der Waals surface area contributed by atoms with E-state index < -0.39 is 10.9 Å². The Hall–Kier alpha value is -2.96. The molecule has 1 aromatic heterocycles. The van der Waals surface area contributed by atoms with Crippen molar-refractivity contribution < 1.29 is 14.6 Å². The molecule has 1 aliphatic heterocycles. The molecule has 0 bridgehead atoms. The third kappa shape index (κ3) is 2.16. The standard InChI is InChI=1S/C15H13N3O4/c1-3-17-8-10(6-12-9(2)16-22-15(12)19)13-7-11(18(20)21)4-5-14(13)17/h4-8H,3H2,1-2H3. The predicted molar refractivity (Wildman–Crippen MR) is 81.4 cm³/mol. The first kappa shape index (κ1) is 14.0. The third-order valence-corrected chi connectivity index (χ3v) is 3.62. The van der Waals surface area contributed by atoms with Gasteiger partial charge in [-0.15, -0.1) is 0 Å². The Kier molecular flexibility index (Phi) is 3.25. The minimum absolute atomic E-state index is 0.0143. The smallest absolute Gasteiger partial charge is 0.347 e. The van der Waals surface area contributed by atoms with Gasteiger partial charge in [-0.25, -0.2) is 4.79 Å². The summed E-state index contributed by atoms with van der Waals surface area (Å²) in [7, 11) is 0. The van der Waals surface area contributed by atoms with Crippen LogP contribution in [0.15, 0.2) is 35.1 Å². The van der Waals surface area contributed by atoms with Crippen LogP contribution in [-0.2, 0) is 16.2 Å². The van der Waals surface area contributed by atoms with E-state index in [1.54, 1.807) is 19.1 Å². The second-order valence-electron chi connectivity index (χ2n) is 4.94. The van der Waals surface area contributed by atoms with Crippen molar-refractivity contribution in [2.24, 2.45) is 5.16 Å². The van der Waals surface area contributed by atoms with Crippen molar-refractivity contribution in [2.75, 3.05) is 0 Å². The Morgan fingerprint density at radius 2 is 2.23 bits per heavy atom. The van der Waals surface area contributed by atoms with Crippen LogP contribution in [0.5, 0.6) is 0 Å². The van der Waals surface area contributed by atoms with Crippen LogP contribution in [0.4, 0.5) is 5.69 Å². The molecule has 3 rings (SSSR count). The van der Waals surface area contributed by atoms with E-state index >= 15 is 0 Å². The van der Waals surface area contributed by atoms with Crippen LogP contribution >= 0.6 is 0 Å². The van der Waals surface area contributed by atoms with Crippen LogP contribution in [0, 0.1) is 10.1 Å². The number of rotatable bonds is 3. The van der Waals surface area contributed by atoms with E-state index in [0.29, 0.717) is 11.3 Å². The highest BCUT2D eigenvalue weighted by molar-refractivity contribution is 6.24. The lowest BCUT2D eigenvalue weighted by molar-refractivity contribution is -0.384. The fourth-order valence-electron chi connectivity index (χ4n) is 2.48. The van der Waals surface area contributed by atoms with Gasteiger partial charge in [0.2, 0.25) is 0 Å². The Labute approximate surface area is 125 Å². The van der Waals surface area contributed by atoms with Gasteiger partial charge in [0.1, 0.15) is 0 Å². The number of nitrogens with zero attached hydrogens (tertiary/aromatic N) is 3. The van der Waals surface area contributed by atoms with E-state index in [1.165, 1.54) is 12.1 Å². The van der Waals surface area contributed by atoms with Crippen LogP contribution in [0.3, 0.4) is 0 Å². The van der Waals surface area contributed by atoms with E-state index in [0.717, 1.165) is 23.0 Å². The molecule has 22 heavy (non-hydrogen) atoms. The van der Waals surface area contributed by atoms with Gasteiger partial charge in [0.25, 0.3) is 5.69 Å². The molecule has 0 unspecified atom stereocenters. The average molecular weight is 299 g/mol. The monoisotopic (exact) mass is 299 g/mol. The molecule has 0 saturated carbocycles. The molecular weight excluding hydrogens is 286 g/mol. The summed E-state index contributed by atoms with van der Waals surface area (Å²) < 4.78 is 1.97. The van der Waals surface area contributed by atoms with Gasteiger partial charge in [0.15, 0.2) is 0 Å². The number of oxime groups is 1. The number of fused-ring (bicyclic) bond motifs is 1. The Morgan fingerprint density at radius 1 is 1.45 bits per heavy atom. The number of aryl methyl sites for hydroxylation is 1. The van der Waals surface area contributed by atoms with Crippen molar-refractivity contribution in [3.63, 3.8) is 0 Å². The van der Waals surface area contributed by atoms with Crippen molar-refractivity contribution >= 4 is 34.3 Å². The zero-order valence-electron chi connectivity index (χ0n) is 12.1. The molecule has 0 saturated heterocycles. The molecule has 0 spiro atoms. The summed E-state index contributed by atoms with van der Waals surface area (Å²) in [4.78, 5) is 26.8. The van der Waals surface area contributed by atoms with Crippen molar-refractivity contribution in [1.82, 2.24) is 4.57 Å². The summed E-state index contributed by atoms with van der Waals surface area (Å²) in [6.07, 6.45) is 3.52. The molecule has 2 aromatic rings. The maximum absolute atomic E-state index is 11.7. The number of aromatic nitrogens is 1.